The van der Waals surface area contributed by atoms with Crippen LogP contribution in [0.15, 0.2) is 0 Å². The molecule has 0 amide bonds. The number of rotatable bonds is 2. The molecule has 0 aromatic rings. The maximum atomic E-state index is 2.74. The molecule has 1 atom stereocenters. The third kappa shape index (κ3) is 4.27. The Labute approximate surface area is 84.5 Å². The Bertz CT molecular complexity index is 151. The van der Waals surface area contributed by atoms with Crippen molar-refractivity contribution >= 4 is 8.07 Å². The first-order valence-corrected chi connectivity index (χ1v) is 9.44. The van der Waals surface area contributed by atoms with E-state index in [0.29, 0.717) is 0 Å². The van der Waals surface area contributed by atoms with Crippen LogP contribution in [0.1, 0.15) is 32.6 Å². The van der Waals surface area contributed by atoms with Gasteiger partial charge in [-0.25, -0.2) is 0 Å². The van der Waals surface area contributed by atoms with Crippen LogP contribution >= 0.6 is 0 Å². The number of likely N-dealkylation sites (tertiary alicyclic amines) is 1. The van der Waals surface area contributed by atoms with E-state index in [0.717, 1.165) is 6.04 Å². The van der Waals surface area contributed by atoms with Gasteiger partial charge >= 0.3 is 0 Å². The molecule has 0 aromatic heterocycles. The summed E-state index contributed by atoms with van der Waals surface area (Å²) in [7, 11) is -0.883. The lowest BCUT2D eigenvalue weighted by Gasteiger charge is -2.32. The first-order chi connectivity index (χ1) is 5.99. The molecule has 0 radical (unpaired) electrons. The zero-order valence-electron chi connectivity index (χ0n) is 9.77. The Morgan fingerprint density at radius 2 is 1.85 bits per heavy atom. The van der Waals surface area contributed by atoms with Gasteiger partial charge in [0, 0.05) is 6.04 Å². The summed E-state index contributed by atoms with van der Waals surface area (Å²) in [5, 5.41) is 0. The van der Waals surface area contributed by atoms with Gasteiger partial charge in [0.2, 0.25) is 0 Å². The third-order valence-corrected chi connectivity index (χ3v) is 4.22. The molecule has 1 fully saturated rings. The SMILES string of the molecule is CC1CCCCCN1C[Si](C)(C)C. The maximum absolute atomic E-state index is 2.74. The van der Waals surface area contributed by atoms with E-state index in [1.807, 2.05) is 0 Å². The fourth-order valence-electron chi connectivity index (χ4n) is 2.18. The molecule has 78 valence electrons. The van der Waals surface area contributed by atoms with Crippen molar-refractivity contribution in [2.75, 3.05) is 12.7 Å². The van der Waals surface area contributed by atoms with Crippen LogP contribution in [-0.2, 0) is 0 Å². The lowest BCUT2D eigenvalue weighted by molar-refractivity contribution is 0.245. The predicted molar refractivity (Wildman–Crippen MR) is 62.8 cm³/mol. The highest BCUT2D eigenvalue weighted by atomic mass is 28.3. The van der Waals surface area contributed by atoms with E-state index in [2.05, 4.69) is 31.5 Å². The average molecular weight is 199 g/mol. The smallest absolute Gasteiger partial charge is 0.0599 e. The van der Waals surface area contributed by atoms with E-state index in [1.165, 1.54) is 38.4 Å². The Kier molecular flexibility index (Phi) is 3.99. The molecule has 0 aliphatic carbocycles. The Balaban J connectivity index is 2.45. The van der Waals surface area contributed by atoms with Crippen molar-refractivity contribution in [1.82, 2.24) is 4.90 Å². The standard InChI is InChI=1S/C11H25NSi/c1-11-8-6-5-7-9-12(11)10-13(2,3)4/h11H,5-10H2,1-4H3. The summed E-state index contributed by atoms with van der Waals surface area (Å²) in [4.78, 5) is 2.74. The summed E-state index contributed by atoms with van der Waals surface area (Å²) >= 11 is 0. The van der Waals surface area contributed by atoms with E-state index < -0.39 is 8.07 Å². The Morgan fingerprint density at radius 3 is 2.46 bits per heavy atom. The van der Waals surface area contributed by atoms with E-state index in [4.69, 9.17) is 0 Å². The van der Waals surface area contributed by atoms with E-state index in [1.54, 1.807) is 0 Å². The molecule has 1 rings (SSSR count). The molecule has 1 aliphatic heterocycles. The molecule has 1 saturated heterocycles. The fraction of sp³-hybridized carbons (Fsp3) is 1.00. The molecule has 0 aromatic carbocycles. The second kappa shape index (κ2) is 4.60. The van der Waals surface area contributed by atoms with Gasteiger partial charge in [-0.15, -0.1) is 0 Å². The van der Waals surface area contributed by atoms with Gasteiger partial charge in [-0.3, -0.25) is 0 Å². The third-order valence-electron chi connectivity index (χ3n) is 2.87. The molecule has 1 heterocycles. The van der Waals surface area contributed by atoms with Crippen molar-refractivity contribution < 1.29 is 0 Å². The molecular formula is C11H25NSi. The molecule has 1 aliphatic rings. The predicted octanol–water partition coefficient (Wildman–Crippen LogP) is 3.13. The van der Waals surface area contributed by atoms with Crippen molar-refractivity contribution in [3.05, 3.63) is 0 Å². The van der Waals surface area contributed by atoms with Gasteiger partial charge in [0.1, 0.15) is 0 Å². The van der Waals surface area contributed by atoms with E-state index >= 15 is 0 Å². The summed E-state index contributed by atoms with van der Waals surface area (Å²) in [5.41, 5.74) is 0. The zero-order valence-corrected chi connectivity index (χ0v) is 10.8. The van der Waals surface area contributed by atoms with Crippen molar-refractivity contribution in [2.24, 2.45) is 0 Å². The molecule has 0 bridgehead atoms. The van der Waals surface area contributed by atoms with E-state index in [9.17, 15) is 0 Å². The number of hydrogen-bond acceptors (Lipinski definition) is 1. The molecule has 1 nitrogen and oxygen atoms in total. The Morgan fingerprint density at radius 1 is 1.15 bits per heavy atom. The summed E-state index contributed by atoms with van der Waals surface area (Å²) in [6, 6.07) is 0.842. The second-order valence-corrected chi connectivity index (χ2v) is 11.2. The minimum atomic E-state index is -0.883. The average Bonchev–Trinajstić information content (AvgIpc) is 2.14. The highest BCUT2D eigenvalue weighted by molar-refractivity contribution is 6.76. The molecule has 13 heavy (non-hydrogen) atoms. The summed E-state index contributed by atoms with van der Waals surface area (Å²) in [6.07, 6.45) is 7.14. The minimum absolute atomic E-state index is 0.842. The van der Waals surface area contributed by atoms with E-state index in [-0.39, 0.29) is 0 Å². The summed E-state index contributed by atoms with van der Waals surface area (Å²) < 4.78 is 0. The van der Waals surface area contributed by atoms with Crippen molar-refractivity contribution in [1.29, 1.82) is 0 Å². The quantitative estimate of drug-likeness (QED) is 0.618. The first kappa shape index (κ1) is 11.3. The van der Waals surface area contributed by atoms with Gasteiger partial charge in [-0.05, 0) is 32.5 Å². The largest absolute Gasteiger partial charge is 0.303 e. The zero-order chi connectivity index (χ0) is 9.90. The minimum Gasteiger partial charge on any atom is -0.303 e. The lowest BCUT2D eigenvalue weighted by atomic mass is 10.1. The van der Waals surface area contributed by atoms with Crippen LogP contribution < -0.4 is 0 Å². The van der Waals surface area contributed by atoms with Gasteiger partial charge < -0.3 is 4.90 Å². The first-order valence-electron chi connectivity index (χ1n) is 5.73. The fourth-order valence-corrected chi connectivity index (χ4v) is 3.87. The van der Waals surface area contributed by atoms with Crippen LogP contribution in [0.5, 0.6) is 0 Å². The highest BCUT2D eigenvalue weighted by Crippen LogP contribution is 2.18. The Hall–Kier alpha value is 0.177. The topological polar surface area (TPSA) is 3.24 Å². The molecule has 2 heteroatoms. The van der Waals surface area contributed by atoms with Crippen LogP contribution in [0.2, 0.25) is 19.6 Å². The molecular weight excluding hydrogens is 174 g/mol. The molecule has 0 spiro atoms. The van der Waals surface area contributed by atoms with Gasteiger partial charge in [0.05, 0.1) is 8.07 Å². The summed E-state index contributed by atoms with van der Waals surface area (Å²) in [6.45, 7) is 11.2. The van der Waals surface area contributed by atoms with Crippen LogP contribution in [0.3, 0.4) is 0 Å². The second-order valence-electron chi connectivity index (χ2n) is 5.73. The summed E-state index contributed by atoms with van der Waals surface area (Å²) in [5.74, 6) is 0. The number of nitrogens with zero attached hydrogens (tertiary/aromatic N) is 1. The van der Waals surface area contributed by atoms with Gasteiger partial charge in [-0.2, -0.15) is 0 Å². The lowest BCUT2D eigenvalue weighted by Crippen LogP contribution is -2.44. The monoisotopic (exact) mass is 199 g/mol. The van der Waals surface area contributed by atoms with Crippen LogP contribution in [0, 0.1) is 0 Å². The highest BCUT2D eigenvalue weighted by Gasteiger charge is 2.23. The van der Waals surface area contributed by atoms with Crippen LogP contribution in [0.25, 0.3) is 0 Å². The number of hydrogen-bond donors (Lipinski definition) is 0. The van der Waals surface area contributed by atoms with Gasteiger partial charge in [0.25, 0.3) is 0 Å². The van der Waals surface area contributed by atoms with Crippen molar-refractivity contribution in [3.63, 3.8) is 0 Å². The molecule has 0 N–H and O–H groups in total. The van der Waals surface area contributed by atoms with Gasteiger partial charge in [-0.1, -0.05) is 32.5 Å². The maximum Gasteiger partial charge on any atom is 0.0599 e. The van der Waals surface area contributed by atoms with Crippen molar-refractivity contribution in [3.8, 4) is 0 Å². The van der Waals surface area contributed by atoms with Crippen molar-refractivity contribution in [2.45, 2.75) is 58.3 Å². The molecule has 1 unspecified atom stereocenters. The van der Waals surface area contributed by atoms with Gasteiger partial charge in [0.15, 0.2) is 0 Å². The van der Waals surface area contributed by atoms with Crippen LogP contribution in [-0.4, -0.2) is 31.7 Å². The van der Waals surface area contributed by atoms with Crippen LogP contribution in [0.4, 0.5) is 0 Å². The molecule has 0 saturated carbocycles. The normalized spacial score (nSPS) is 27.2.